The molecule has 0 radical (unpaired) electrons. The lowest BCUT2D eigenvalue weighted by Gasteiger charge is -2.24. The van der Waals surface area contributed by atoms with E-state index in [1.807, 2.05) is 0 Å². The van der Waals surface area contributed by atoms with Gasteiger partial charge in [-0.05, 0) is 60.7 Å². The van der Waals surface area contributed by atoms with E-state index in [4.69, 9.17) is 9.47 Å². The van der Waals surface area contributed by atoms with Crippen LogP contribution in [0, 0.1) is 0 Å². The lowest BCUT2D eigenvalue weighted by Crippen LogP contribution is -2.38. The van der Waals surface area contributed by atoms with E-state index >= 15 is 0 Å². The van der Waals surface area contributed by atoms with Gasteiger partial charge < -0.3 is 14.8 Å². The van der Waals surface area contributed by atoms with Crippen molar-refractivity contribution in [3.05, 3.63) is 103 Å². The molecule has 40 heavy (non-hydrogen) atoms. The molecule has 10 nitrogen and oxygen atoms in total. The van der Waals surface area contributed by atoms with E-state index in [0.29, 0.717) is 17.1 Å². The number of hydrogen-bond acceptors (Lipinski definition) is 7. The Labute approximate surface area is 233 Å². The molecule has 0 spiro atoms. The van der Waals surface area contributed by atoms with E-state index in [-0.39, 0.29) is 21.2 Å². The van der Waals surface area contributed by atoms with Crippen molar-refractivity contribution in [2.24, 2.45) is 0 Å². The first-order valence-electron chi connectivity index (χ1n) is 11.9. The molecule has 0 atom stereocenters. The van der Waals surface area contributed by atoms with Gasteiger partial charge in [-0.2, -0.15) is 0 Å². The van der Waals surface area contributed by atoms with Crippen molar-refractivity contribution in [2.75, 3.05) is 35.1 Å². The third-order valence-electron chi connectivity index (χ3n) is 5.75. The van der Waals surface area contributed by atoms with Gasteiger partial charge in [0.1, 0.15) is 6.54 Å². The molecule has 0 bridgehead atoms. The summed E-state index contributed by atoms with van der Waals surface area (Å²) >= 11 is 0. The van der Waals surface area contributed by atoms with Crippen LogP contribution in [0.5, 0.6) is 11.5 Å². The third kappa shape index (κ3) is 6.53. The molecule has 0 aliphatic carbocycles. The largest absolute Gasteiger partial charge is 0.493 e. The Morgan fingerprint density at radius 3 is 1.88 bits per heavy atom. The van der Waals surface area contributed by atoms with Gasteiger partial charge in [0.05, 0.1) is 29.7 Å². The first-order valence-corrected chi connectivity index (χ1v) is 14.8. The van der Waals surface area contributed by atoms with Crippen LogP contribution in [0.3, 0.4) is 0 Å². The lowest BCUT2D eigenvalue weighted by molar-refractivity contribution is -0.114. The molecule has 0 aliphatic rings. The monoisotopic (exact) mass is 581 g/mol. The van der Waals surface area contributed by atoms with Gasteiger partial charge in [-0.1, -0.05) is 36.4 Å². The van der Waals surface area contributed by atoms with Crippen molar-refractivity contribution in [3.8, 4) is 11.5 Å². The summed E-state index contributed by atoms with van der Waals surface area (Å²) in [5, 5.41) is 2.63. The molecule has 0 aliphatic heterocycles. The Morgan fingerprint density at radius 2 is 1.27 bits per heavy atom. The number of nitrogens with one attached hydrogen (secondary N) is 2. The highest BCUT2D eigenvalue weighted by molar-refractivity contribution is 7.93. The maximum Gasteiger partial charge on any atom is 0.264 e. The summed E-state index contributed by atoms with van der Waals surface area (Å²) in [4.78, 5) is 12.9. The molecule has 1 amide bonds. The average Bonchev–Trinajstić information content (AvgIpc) is 2.96. The topological polar surface area (TPSA) is 131 Å². The zero-order valence-electron chi connectivity index (χ0n) is 21.6. The van der Waals surface area contributed by atoms with Gasteiger partial charge in [0, 0.05) is 17.4 Å². The van der Waals surface area contributed by atoms with Gasteiger partial charge in [0.2, 0.25) is 5.91 Å². The summed E-state index contributed by atoms with van der Waals surface area (Å²) in [6, 6.07) is 26.3. The molecule has 0 aromatic heterocycles. The minimum Gasteiger partial charge on any atom is -0.493 e. The van der Waals surface area contributed by atoms with Gasteiger partial charge in [0.25, 0.3) is 20.0 Å². The van der Waals surface area contributed by atoms with Crippen LogP contribution in [0.15, 0.2) is 113 Å². The van der Waals surface area contributed by atoms with E-state index in [0.717, 1.165) is 4.31 Å². The zero-order chi connectivity index (χ0) is 28.8. The van der Waals surface area contributed by atoms with Gasteiger partial charge in [-0.15, -0.1) is 0 Å². The number of methoxy groups -OCH3 is 2. The lowest BCUT2D eigenvalue weighted by atomic mass is 10.3. The molecule has 4 rings (SSSR count). The van der Waals surface area contributed by atoms with Crippen molar-refractivity contribution >= 4 is 43.0 Å². The van der Waals surface area contributed by atoms with E-state index < -0.39 is 32.5 Å². The smallest absolute Gasteiger partial charge is 0.264 e. The quantitative estimate of drug-likeness (QED) is 0.269. The number of para-hydroxylation sites is 2. The fraction of sp³-hybridized carbons (Fsp3) is 0.107. The Hall–Kier alpha value is -4.55. The zero-order valence-corrected chi connectivity index (χ0v) is 23.3. The van der Waals surface area contributed by atoms with Crippen LogP contribution in [-0.4, -0.2) is 43.5 Å². The number of amides is 1. The van der Waals surface area contributed by atoms with Crippen molar-refractivity contribution in [1.29, 1.82) is 0 Å². The van der Waals surface area contributed by atoms with Crippen molar-refractivity contribution in [3.63, 3.8) is 0 Å². The van der Waals surface area contributed by atoms with Crippen LogP contribution >= 0.6 is 0 Å². The first kappa shape index (κ1) is 28.5. The number of ether oxygens (including phenoxy) is 2. The SMILES string of the molecule is COc1ccc(S(=O)(=O)N(CC(=O)Nc2ccc(S(=O)(=O)Nc3ccccc3)cc2)c2ccccc2)cc1OC. The number of carbonyl (C=O) groups is 1. The molecule has 12 heteroatoms. The molecular weight excluding hydrogens is 554 g/mol. The van der Waals surface area contributed by atoms with E-state index in [1.54, 1.807) is 60.7 Å². The second kappa shape index (κ2) is 12.1. The Kier molecular flexibility index (Phi) is 8.61. The molecule has 0 saturated carbocycles. The molecule has 0 fully saturated rings. The minimum absolute atomic E-state index is 0.00343. The summed E-state index contributed by atoms with van der Waals surface area (Å²) in [5.41, 5.74) is 0.984. The van der Waals surface area contributed by atoms with E-state index in [2.05, 4.69) is 10.0 Å². The molecule has 0 unspecified atom stereocenters. The predicted octanol–water partition coefficient (Wildman–Crippen LogP) is 4.34. The van der Waals surface area contributed by atoms with Crippen LogP contribution in [0.4, 0.5) is 17.1 Å². The summed E-state index contributed by atoms with van der Waals surface area (Å²) < 4.78 is 66.6. The second-order valence-corrected chi connectivity index (χ2v) is 12.0. The highest BCUT2D eigenvalue weighted by Crippen LogP contribution is 2.32. The fourth-order valence-corrected chi connectivity index (χ4v) is 6.28. The number of nitrogens with zero attached hydrogens (tertiary/aromatic N) is 1. The number of rotatable bonds is 11. The highest BCUT2D eigenvalue weighted by Gasteiger charge is 2.28. The van der Waals surface area contributed by atoms with Crippen LogP contribution in [0.25, 0.3) is 0 Å². The van der Waals surface area contributed by atoms with Gasteiger partial charge in [0.15, 0.2) is 11.5 Å². The predicted molar refractivity (Wildman–Crippen MR) is 153 cm³/mol. The van der Waals surface area contributed by atoms with Gasteiger partial charge >= 0.3 is 0 Å². The summed E-state index contributed by atoms with van der Waals surface area (Å²) in [7, 11) is -5.22. The number of benzene rings is 4. The standard InChI is InChI=1S/C28H27N3O7S2/c1-37-26-18-17-25(19-27(26)38-2)40(35,36)31(23-11-7-4-8-12-23)20-28(32)29-21-13-15-24(16-14-21)39(33,34)30-22-9-5-3-6-10-22/h3-19,30H,20H2,1-2H3,(H,29,32). The average molecular weight is 582 g/mol. The Morgan fingerprint density at radius 1 is 0.700 bits per heavy atom. The molecule has 208 valence electrons. The molecule has 4 aromatic rings. The van der Waals surface area contributed by atoms with Crippen LogP contribution in [0.2, 0.25) is 0 Å². The highest BCUT2D eigenvalue weighted by atomic mass is 32.2. The van der Waals surface area contributed by atoms with Crippen LogP contribution in [0.1, 0.15) is 0 Å². The fourth-order valence-electron chi connectivity index (χ4n) is 3.78. The number of sulfonamides is 2. The van der Waals surface area contributed by atoms with Crippen molar-refractivity contribution in [1.82, 2.24) is 0 Å². The first-order chi connectivity index (χ1) is 19.1. The summed E-state index contributed by atoms with van der Waals surface area (Å²) in [5.74, 6) is -0.0568. The van der Waals surface area contributed by atoms with E-state index in [9.17, 15) is 21.6 Å². The molecule has 0 saturated heterocycles. The Bertz CT molecular complexity index is 1680. The maximum absolute atomic E-state index is 13.7. The maximum atomic E-state index is 13.7. The minimum atomic E-state index is -4.21. The molecule has 0 heterocycles. The number of hydrogen-bond donors (Lipinski definition) is 2. The number of carbonyl (C=O) groups excluding carboxylic acids is 1. The molecular formula is C28H27N3O7S2. The van der Waals surface area contributed by atoms with Crippen LogP contribution < -0.4 is 23.8 Å². The van der Waals surface area contributed by atoms with Crippen molar-refractivity contribution in [2.45, 2.75) is 9.79 Å². The van der Waals surface area contributed by atoms with Crippen molar-refractivity contribution < 1.29 is 31.1 Å². The number of anilines is 3. The van der Waals surface area contributed by atoms with Crippen LogP contribution in [-0.2, 0) is 24.8 Å². The molecule has 4 aromatic carbocycles. The van der Waals surface area contributed by atoms with Gasteiger partial charge in [-0.25, -0.2) is 16.8 Å². The normalized spacial score (nSPS) is 11.3. The third-order valence-corrected chi connectivity index (χ3v) is 8.92. The second-order valence-electron chi connectivity index (χ2n) is 8.41. The molecule has 2 N–H and O–H groups in total. The summed E-state index contributed by atoms with van der Waals surface area (Å²) in [6.45, 7) is -0.545. The van der Waals surface area contributed by atoms with Gasteiger partial charge in [-0.3, -0.25) is 13.8 Å². The summed E-state index contributed by atoms with van der Waals surface area (Å²) in [6.07, 6.45) is 0. The van der Waals surface area contributed by atoms with E-state index in [1.165, 1.54) is 56.7 Å². The Balaban J connectivity index is 1.54.